The van der Waals surface area contributed by atoms with Crippen LogP contribution in [0.25, 0.3) is 0 Å². The van der Waals surface area contributed by atoms with Gasteiger partial charge in [-0.05, 0) is 49.2 Å². The Bertz CT molecular complexity index is 1370. The molecule has 1 aliphatic carbocycles. The Balaban J connectivity index is 1.93. The molecule has 34 heavy (non-hydrogen) atoms. The summed E-state index contributed by atoms with van der Waals surface area (Å²) in [6.45, 7) is 0. The molecule has 1 spiro atoms. The maximum atomic E-state index is 13.8. The average molecular weight is 608 g/mol. The SMILES string of the molecule is COC(=O)C1=C(N)N(c2ccc(Br)cc2Cl)C2=C(C(=O)CCC2)C12C(=O)Nc1ccc(Br)cc12. The number of methoxy groups -OCH3 is 1. The molecule has 3 N–H and O–H groups in total. The van der Waals surface area contributed by atoms with Crippen LogP contribution < -0.4 is 16.0 Å². The summed E-state index contributed by atoms with van der Waals surface area (Å²) in [7, 11) is 1.22. The van der Waals surface area contributed by atoms with Crippen LogP contribution >= 0.6 is 43.5 Å². The standard InChI is InChI=1S/C24H18Br2ClN3O4/c1-34-22(32)20-21(28)30(16-8-6-12(26)10-14(16)27)17-3-2-4-18(31)19(17)24(20)13-9-11(25)5-7-15(13)29-23(24)33/h5-10H,2-4,28H2,1H3,(H,29,33). The fraction of sp³-hybridized carbons (Fsp3) is 0.208. The van der Waals surface area contributed by atoms with Crippen LogP contribution in [-0.2, 0) is 24.5 Å². The van der Waals surface area contributed by atoms with Gasteiger partial charge in [-0.1, -0.05) is 43.5 Å². The Labute approximate surface area is 217 Å². The molecular weight excluding hydrogens is 590 g/mol. The average Bonchev–Trinajstić information content (AvgIpc) is 3.06. The van der Waals surface area contributed by atoms with Crippen molar-refractivity contribution in [3.05, 3.63) is 78.6 Å². The highest BCUT2D eigenvalue weighted by atomic mass is 79.9. The predicted octanol–water partition coefficient (Wildman–Crippen LogP) is 4.93. The number of Topliss-reactive ketones (excluding diaryl/α,β-unsaturated/α-hetero) is 1. The van der Waals surface area contributed by atoms with Gasteiger partial charge in [0.2, 0.25) is 5.91 Å². The number of esters is 1. The maximum absolute atomic E-state index is 13.8. The van der Waals surface area contributed by atoms with E-state index < -0.39 is 17.3 Å². The monoisotopic (exact) mass is 605 g/mol. The van der Waals surface area contributed by atoms with E-state index in [1.54, 1.807) is 41.3 Å². The van der Waals surface area contributed by atoms with Crippen LogP contribution in [0.2, 0.25) is 5.02 Å². The fourth-order valence-electron chi connectivity index (χ4n) is 5.12. The first-order chi connectivity index (χ1) is 16.2. The molecule has 0 radical (unpaired) electrons. The van der Waals surface area contributed by atoms with Gasteiger partial charge in [0.15, 0.2) is 5.78 Å². The van der Waals surface area contributed by atoms with Gasteiger partial charge in [-0.3, -0.25) is 14.5 Å². The molecule has 1 unspecified atom stereocenters. The molecule has 2 aromatic carbocycles. The van der Waals surface area contributed by atoms with E-state index in [2.05, 4.69) is 37.2 Å². The third kappa shape index (κ3) is 3.10. The van der Waals surface area contributed by atoms with Gasteiger partial charge in [0.05, 0.1) is 17.8 Å². The molecule has 3 aliphatic rings. The lowest BCUT2D eigenvalue weighted by atomic mass is 9.63. The lowest BCUT2D eigenvalue weighted by Gasteiger charge is -2.44. The number of allylic oxidation sites excluding steroid dienone is 1. The van der Waals surface area contributed by atoms with Gasteiger partial charge in [0.1, 0.15) is 16.8 Å². The lowest BCUT2D eigenvalue weighted by Crippen LogP contribution is -2.53. The highest BCUT2D eigenvalue weighted by Gasteiger charge is 2.62. The van der Waals surface area contributed by atoms with E-state index in [1.165, 1.54) is 7.11 Å². The summed E-state index contributed by atoms with van der Waals surface area (Å²) < 4.78 is 6.57. The number of rotatable bonds is 2. The number of hydrogen-bond acceptors (Lipinski definition) is 6. The number of amides is 1. The number of anilines is 2. The first kappa shape index (κ1) is 23.1. The summed E-state index contributed by atoms with van der Waals surface area (Å²) in [4.78, 5) is 42.3. The number of nitrogens with zero attached hydrogens (tertiary/aromatic N) is 1. The molecule has 10 heteroatoms. The number of nitrogens with one attached hydrogen (secondary N) is 1. The van der Waals surface area contributed by atoms with Gasteiger partial charge >= 0.3 is 5.97 Å². The minimum absolute atomic E-state index is 0.00695. The third-order valence-electron chi connectivity index (χ3n) is 6.42. The molecule has 0 saturated carbocycles. The number of ketones is 1. The predicted molar refractivity (Wildman–Crippen MR) is 135 cm³/mol. The van der Waals surface area contributed by atoms with E-state index in [0.717, 1.165) is 4.47 Å². The number of benzene rings is 2. The van der Waals surface area contributed by atoms with Gasteiger partial charge in [0.25, 0.3) is 0 Å². The van der Waals surface area contributed by atoms with Crippen molar-refractivity contribution in [1.82, 2.24) is 0 Å². The quantitative estimate of drug-likeness (QED) is 0.470. The summed E-state index contributed by atoms with van der Waals surface area (Å²) in [6.07, 6.45) is 1.29. The molecule has 0 saturated heterocycles. The van der Waals surface area contributed by atoms with E-state index in [1.807, 2.05) is 0 Å². The third-order valence-corrected chi connectivity index (χ3v) is 7.71. The number of fused-ring (bicyclic) bond motifs is 3. The van der Waals surface area contributed by atoms with Gasteiger partial charge in [-0.25, -0.2) is 4.79 Å². The number of carbonyl (C=O) groups is 3. The summed E-state index contributed by atoms with van der Waals surface area (Å²) in [5.74, 6) is -1.55. The highest BCUT2D eigenvalue weighted by molar-refractivity contribution is 9.10. The molecule has 2 heterocycles. The van der Waals surface area contributed by atoms with Crippen LogP contribution in [0.5, 0.6) is 0 Å². The zero-order chi connectivity index (χ0) is 24.4. The minimum Gasteiger partial charge on any atom is -0.466 e. The topological polar surface area (TPSA) is 102 Å². The van der Waals surface area contributed by atoms with Gasteiger partial charge in [-0.2, -0.15) is 0 Å². The molecule has 2 aliphatic heterocycles. The number of ether oxygens (including phenoxy) is 1. The second-order valence-corrected chi connectivity index (χ2v) is 10.4. The number of carbonyl (C=O) groups excluding carboxylic acids is 3. The zero-order valence-electron chi connectivity index (χ0n) is 17.9. The largest absolute Gasteiger partial charge is 0.466 e. The summed E-state index contributed by atoms with van der Waals surface area (Å²) in [5, 5.41) is 3.21. The van der Waals surface area contributed by atoms with Crippen LogP contribution in [0.15, 0.2) is 68.0 Å². The first-order valence-electron chi connectivity index (χ1n) is 10.4. The summed E-state index contributed by atoms with van der Waals surface area (Å²) >= 11 is 13.4. The Kier molecular flexibility index (Phi) is 5.61. The van der Waals surface area contributed by atoms with Crippen molar-refractivity contribution in [2.75, 3.05) is 17.3 Å². The second kappa shape index (κ2) is 8.25. The van der Waals surface area contributed by atoms with Crippen molar-refractivity contribution in [1.29, 1.82) is 0 Å². The Morgan fingerprint density at radius 1 is 1.15 bits per heavy atom. The summed E-state index contributed by atoms with van der Waals surface area (Å²) in [5.41, 5.74) is 7.09. The normalized spacial score (nSPS) is 21.6. The van der Waals surface area contributed by atoms with E-state index >= 15 is 0 Å². The van der Waals surface area contributed by atoms with Crippen LogP contribution in [0.4, 0.5) is 11.4 Å². The molecular formula is C24H18Br2ClN3O4. The highest BCUT2D eigenvalue weighted by Crippen LogP contribution is 2.56. The molecule has 1 atom stereocenters. The minimum atomic E-state index is -1.73. The van der Waals surface area contributed by atoms with Gasteiger partial charge < -0.3 is 15.8 Å². The van der Waals surface area contributed by atoms with E-state index in [9.17, 15) is 14.4 Å². The lowest BCUT2D eigenvalue weighted by molar-refractivity contribution is -0.138. The van der Waals surface area contributed by atoms with Crippen LogP contribution in [0, 0.1) is 0 Å². The van der Waals surface area contributed by atoms with E-state index in [0.29, 0.717) is 45.0 Å². The molecule has 0 aromatic heterocycles. The van der Waals surface area contributed by atoms with E-state index in [-0.39, 0.29) is 29.2 Å². The first-order valence-corrected chi connectivity index (χ1v) is 12.4. The van der Waals surface area contributed by atoms with Gasteiger partial charge in [-0.15, -0.1) is 0 Å². The Hall–Kier alpha value is -2.62. The Morgan fingerprint density at radius 2 is 1.85 bits per heavy atom. The number of hydrogen-bond donors (Lipinski definition) is 2. The van der Waals surface area contributed by atoms with Crippen LogP contribution in [0.1, 0.15) is 24.8 Å². The molecule has 5 rings (SSSR count). The van der Waals surface area contributed by atoms with Crippen LogP contribution in [-0.4, -0.2) is 24.8 Å². The zero-order valence-corrected chi connectivity index (χ0v) is 21.8. The van der Waals surface area contributed by atoms with Crippen molar-refractivity contribution in [3.8, 4) is 0 Å². The molecule has 1 amide bonds. The van der Waals surface area contributed by atoms with E-state index in [4.69, 9.17) is 22.1 Å². The van der Waals surface area contributed by atoms with Crippen molar-refractivity contribution >= 4 is 72.5 Å². The molecule has 7 nitrogen and oxygen atoms in total. The molecule has 0 bridgehead atoms. The summed E-state index contributed by atoms with van der Waals surface area (Å²) in [6, 6.07) is 10.5. The van der Waals surface area contributed by atoms with Crippen molar-refractivity contribution in [3.63, 3.8) is 0 Å². The maximum Gasteiger partial charge on any atom is 0.339 e. The van der Waals surface area contributed by atoms with Crippen molar-refractivity contribution in [2.45, 2.75) is 24.7 Å². The van der Waals surface area contributed by atoms with Crippen LogP contribution in [0.3, 0.4) is 0 Å². The van der Waals surface area contributed by atoms with Crippen molar-refractivity contribution in [2.24, 2.45) is 5.73 Å². The Morgan fingerprint density at radius 3 is 2.56 bits per heavy atom. The number of halogens is 3. The molecule has 2 aromatic rings. The van der Waals surface area contributed by atoms with Gasteiger partial charge in [0, 0.05) is 37.9 Å². The smallest absolute Gasteiger partial charge is 0.339 e. The fourth-order valence-corrected chi connectivity index (χ4v) is 6.24. The molecule has 0 fully saturated rings. The molecule has 174 valence electrons. The van der Waals surface area contributed by atoms with Crippen molar-refractivity contribution < 1.29 is 19.1 Å². The number of nitrogens with two attached hydrogens (primary N) is 1. The second-order valence-electron chi connectivity index (χ2n) is 8.18.